The first kappa shape index (κ1) is 13.0. The fourth-order valence-corrected chi connectivity index (χ4v) is 2.22. The minimum absolute atomic E-state index is 0.172. The Kier molecular flexibility index (Phi) is 4.80. The maximum Gasteiger partial charge on any atom is 0.354 e. The third-order valence-corrected chi connectivity index (χ3v) is 4.08. The van der Waals surface area contributed by atoms with Crippen LogP contribution >= 0.6 is 11.8 Å². The van der Waals surface area contributed by atoms with Crippen molar-refractivity contribution in [1.82, 2.24) is 4.98 Å². The lowest BCUT2D eigenvalue weighted by molar-refractivity contribution is 0.0689. The number of aromatic carboxylic acids is 1. The highest BCUT2D eigenvalue weighted by Gasteiger charge is 2.13. The first-order valence-corrected chi connectivity index (χ1v) is 6.36. The Morgan fingerprint density at radius 2 is 2.19 bits per heavy atom. The monoisotopic (exact) mass is 239 g/mol. The van der Waals surface area contributed by atoms with Crippen LogP contribution in [-0.4, -0.2) is 21.3 Å². The van der Waals surface area contributed by atoms with Gasteiger partial charge in [0.2, 0.25) is 0 Å². The van der Waals surface area contributed by atoms with E-state index >= 15 is 0 Å². The van der Waals surface area contributed by atoms with Crippen LogP contribution in [0.4, 0.5) is 0 Å². The number of carboxylic acid groups (broad SMARTS) is 1. The van der Waals surface area contributed by atoms with E-state index in [1.54, 1.807) is 17.8 Å². The summed E-state index contributed by atoms with van der Waals surface area (Å²) in [6, 6.07) is 3.61. The summed E-state index contributed by atoms with van der Waals surface area (Å²) in [5, 5.41) is 9.48. The molecule has 0 aliphatic carbocycles. The normalized spacial score (nSPS) is 12.8. The second kappa shape index (κ2) is 5.89. The van der Waals surface area contributed by atoms with Crippen LogP contribution in [0.5, 0.6) is 0 Å². The number of pyridine rings is 1. The lowest BCUT2D eigenvalue weighted by Crippen LogP contribution is -2.08. The summed E-state index contributed by atoms with van der Waals surface area (Å²) >= 11 is 1.77. The molecule has 1 unspecified atom stereocenters. The molecule has 0 spiro atoms. The molecule has 1 aromatic heterocycles. The highest BCUT2D eigenvalue weighted by atomic mass is 32.2. The van der Waals surface area contributed by atoms with Crippen LogP contribution in [-0.2, 0) is 5.75 Å². The molecule has 88 valence electrons. The lowest BCUT2D eigenvalue weighted by atomic mass is 10.2. The molecule has 1 rings (SSSR count). The summed E-state index contributed by atoms with van der Waals surface area (Å²) in [6.45, 7) is 6.49. The summed E-state index contributed by atoms with van der Waals surface area (Å²) in [7, 11) is 0. The maximum atomic E-state index is 10.9. The minimum Gasteiger partial charge on any atom is -0.477 e. The molecular weight excluding hydrogens is 222 g/mol. The Morgan fingerprint density at radius 3 is 2.75 bits per heavy atom. The van der Waals surface area contributed by atoms with Gasteiger partial charge < -0.3 is 5.11 Å². The Bertz CT molecular complexity index is 366. The predicted octanol–water partition coefficient (Wildman–Crippen LogP) is 3.06. The van der Waals surface area contributed by atoms with E-state index in [1.807, 2.05) is 6.07 Å². The lowest BCUT2D eigenvalue weighted by Gasteiger charge is -2.15. The average molecular weight is 239 g/mol. The number of thioether (sulfide) groups is 1. The Labute approximate surface area is 100 Å². The van der Waals surface area contributed by atoms with Crippen molar-refractivity contribution in [2.24, 2.45) is 5.92 Å². The van der Waals surface area contributed by atoms with E-state index in [9.17, 15) is 4.79 Å². The fraction of sp³-hybridized carbons (Fsp3) is 0.500. The van der Waals surface area contributed by atoms with Gasteiger partial charge in [-0.3, -0.25) is 0 Å². The molecule has 0 aliphatic rings. The number of hydrogen-bond acceptors (Lipinski definition) is 3. The number of hydrogen-bond donors (Lipinski definition) is 1. The number of carbonyl (C=O) groups is 1. The van der Waals surface area contributed by atoms with Crippen LogP contribution in [0.1, 0.15) is 36.8 Å². The van der Waals surface area contributed by atoms with E-state index in [1.165, 1.54) is 6.20 Å². The zero-order valence-corrected chi connectivity index (χ0v) is 10.6. The largest absolute Gasteiger partial charge is 0.477 e. The Morgan fingerprint density at radius 1 is 1.50 bits per heavy atom. The summed E-state index contributed by atoms with van der Waals surface area (Å²) in [6.07, 6.45) is 1.52. The van der Waals surface area contributed by atoms with Gasteiger partial charge in [-0.1, -0.05) is 26.8 Å². The molecule has 0 saturated carbocycles. The highest BCUT2D eigenvalue weighted by molar-refractivity contribution is 7.99. The highest BCUT2D eigenvalue weighted by Crippen LogP contribution is 2.24. The van der Waals surface area contributed by atoms with Gasteiger partial charge in [0.05, 0.1) is 0 Å². The number of nitrogens with zero attached hydrogens (tertiary/aromatic N) is 1. The third-order valence-electron chi connectivity index (χ3n) is 2.53. The molecule has 0 bridgehead atoms. The Balaban J connectivity index is 2.70. The molecule has 0 fully saturated rings. The number of aromatic nitrogens is 1. The zero-order valence-electron chi connectivity index (χ0n) is 9.80. The fourth-order valence-electron chi connectivity index (χ4n) is 1.16. The first-order valence-electron chi connectivity index (χ1n) is 5.31. The van der Waals surface area contributed by atoms with E-state index in [-0.39, 0.29) is 5.69 Å². The quantitative estimate of drug-likeness (QED) is 0.858. The van der Waals surface area contributed by atoms with Gasteiger partial charge in [0, 0.05) is 17.2 Å². The maximum absolute atomic E-state index is 10.9. The van der Waals surface area contributed by atoms with Crippen molar-refractivity contribution in [2.75, 3.05) is 0 Å². The topological polar surface area (TPSA) is 50.2 Å². The van der Waals surface area contributed by atoms with Gasteiger partial charge >= 0.3 is 5.97 Å². The standard InChI is InChI=1S/C12H17NO2S/c1-8(2)9(3)16-7-10-5-4-6-13-11(10)12(14)15/h4-6,8-9H,7H2,1-3H3,(H,14,15). The van der Waals surface area contributed by atoms with Crippen LogP contribution in [0, 0.1) is 5.92 Å². The molecule has 0 radical (unpaired) electrons. The van der Waals surface area contributed by atoms with Gasteiger partial charge in [-0.25, -0.2) is 9.78 Å². The molecule has 1 atom stereocenters. The summed E-state index contributed by atoms with van der Waals surface area (Å²) < 4.78 is 0. The van der Waals surface area contributed by atoms with Crippen molar-refractivity contribution < 1.29 is 9.90 Å². The molecule has 0 saturated heterocycles. The van der Waals surface area contributed by atoms with Crippen molar-refractivity contribution in [3.05, 3.63) is 29.6 Å². The third kappa shape index (κ3) is 3.52. The van der Waals surface area contributed by atoms with Gasteiger partial charge in [-0.2, -0.15) is 11.8 Å². The summed E-state index contributed by atoms with van der Waals surface area (Å²) in [5.74, 6) is 0.345. The molecule has 3 nitrogen and oxygen atoms in total. The SMILES string of the molecule is CC(C)C(C)SCc1cccnc1C(=O)O. The van der Waals surface area contributed by atoms with Crippen molar-refractivity contribution in [3.63, 3.8) is 0 Å². The van der Waals surface area contributed by atoms with Crippen LogP contribution in [0.25, 0.3) is 0 Å². The van der Waals surface area contributed by atoms with Crippen molar-refractivity contribution >= 4 is 17.7 Å². The van der Waals surface area contributed by atoms with E-state index in [4.69, 9.17) is 5.11 Å². The van der Waals surface area contributed by atoms with E-state index < -0.39 is 5.97 Å². The molecule has 16 heavy (non-hydrogen) atoms. The second-order valence-electron chi connectivity index (χ2n) is 4.08. The smallest absolute Gasteiger partial charge is 0.354 e. The van der Waals surface area contributed by atoms with E-state index in [2.05, 4.69) is 25.8 Å². The molecule has 0 amide bonds. The molecule has 4 heteroatoms. The van der Waals surface area contributed by atoms with Crippen molar-refractivity contribution in [1.29, 1.82) is 0 Å². The molecule has 1 heterocycles. The molecule has 0 aromatic carbocycles. The van der Waals surface area contributed by atoms with Crippen LogP contribution in [0.2, 0.25) is 0 Å². The Hall–Kier alpha value is -1.03. The van der Waals surface area contributed by atoms with Crippen LogP contribution in [0.15, 0.2) is 18.3 Å². The molecular formula is C12H17NO2S. The summed E-state index contributed by atoms with van der Waals surface area (Å²) in [4.78, 5) is 14.8. The van der Waals surface area contributed by atoms with E-state index in [0.29, 0.717) is 16.9 Å². The van der Waals surface area contributed by atoms with E-state index in [0.717, 1.165) is 5.56 Å². The van der Waals surface area contributed by atoms with Crippen LogP contribution < -0.4 is 0 Å². The van der Waals surface area contributed by atoms with Gasteiger partial charge in [0.25, 0.3) is 0 Å². The first-order chi connectivity index (χ1) is 7.52. The minimum atomic E-state index is -0.951. The molecule has 1 N–H and O–H groups in total. The molecule has 1 aromatic rings. The van der Waals surface area contributed by atoms with Crippen molar-refractivity contribution in [3.8, 4) is 0 Å². The van der Waals surface area contributed by atoms with Crippen LogP contribution in [0.3, 0.4) is 0 Å². The number of rotatable bonds is 5. The van der Waals surface area contributed by atoms with Gasteiger partial charge in [0.15, 0.2) is 5.69 Å². The average Bonchev–Trinajstić information content (AvgIpc) is 2.25. The predicted molar refractivity (Wildman–Crippen MR) is 66.8 cm³/mol. The van der Waals surface area contributed by atoms with Gasteiger partial charge in [0.1, 0.15) is 0 Å². The van der Waals surface area contributed by atoms with Gasteiger partial charge in [-0.05, 0) is 17.5 Å². The molecule has 0 aliphatic heterocycles. The van der Waals surface area contributed by atoms with Gasteiger partial charge in [-0.15, -0.1) is 0 Å². The zero-order chi connectivity index (χ0) is 12.1. The number of carboxylic acids is 1. The van der Waals surface area contributed by atoms with Crippen molar-refractivity contribution in [2.45, 2.75) is 31.8 Å². The summed E-state index contributed by atoms with van der Waals surface area (Å²) in [5.41, 5.74) is 0.971. The second-order valence-corrected chi connectivity index (χ2v) is 5.44.